The number of rotatable bonds is 3. The smallest absolute Gasteiger partial charge is 0.313 e. The summed E-state index contributed by atoms with van der Waals surface area (Å²) in [6.07, 6.45) is 1.28. The summed E-state index contributed by atoms with van der Waals surface area (Å²) in [4.78, 5) is 37.5. The normalized spacial score (nSPS) is 14.5. The number of hydrogen-bond acceptors (Lipinski definition) is 4. The van der Waals surface area contributed by atoms with E-state index in [2.05, 4.69) is 10.6 Å². The number of amides is 3. The summed E-state index contributed by atoms with van der Waals surface area (Å²) in [6, 6.07) is 4.94. The summed E-state index contributed by atoms with van der Waals surface area (Å²) < 4.78 is 5.29. The lowest BCUT2D eigenvalue weighted by Gasteiger charge is -2.21. The first-order chi connectivity index (χ1) is 11.2. The molecule has 7 heteroatoms. The maximum Gasteiger partial charge on any atom is 0.313 e. The molecule has 0 unspecified atom stereocenters. The van der Waals surface area contributed by atoms with Crippen LogP contribution in [0.1, 0.15) is 33.6 Å². The van der Waals surface area contributed by atoms with Gasteiger partial charge in [-0.1, -0.05) is 0 Å². The van der Waals surface area contributed by atoms with Gasteiger partial charge in [0.2, 0.25) is 5.91 Å². The number of hydrogen-bond donors (Lipinski definition) is 2. The Kier molecular flexibility index (Phi) is 5.11. The van der Waals surface area contributed by atoms with Crippen LogP contribution in [0.3, 0.4) is 0 Å². The molecule has 2 N–H and O–H groups in total. The Bertz CT molecular complexity index is 664. The fourth-order valence-electron chi connectivity index (χ4n) is 2.47. The molecule has 0 radical (unpaired) electrons. The van der Waals surface area contributed by atoms with Crippen LogP contribution < -0.4 is 20.3 Å². The molecule has 7 nitrogen and oxygen atoms in total. The van der Waals surface area contributed by atoms with Crippen LogP contribution in [0.2, 0.25) is 0 Å². The Balaban J connectivity index is 2.18. The van der Waals surface area contributed by atoms with Crippen molar-refractivity contribution in [3.05, 3.63) is 18.2 Å². The molecule has 1 fully saturated rings. The lowest BCUT2D eigenvalue weighted by atomic mass is 10.1. The maximum absolute atomic E-state index is 12.0. The molecule has 1 saturated heterocycles. The molecule has 2 rings (SSSR count). The Hall–Kier alpha value is -2.57. The second-order valence-electron chi connectivity index (χ2n) is 6.69. The summed E-state index contributed by atoms with van der Waals surface area (Å²) in [6.45, 7) is 5.99. The van der Waals surface area contributed by atoms with Crippen LogP contribution in [0.25, 0.3) is 0 Å². The zero-order chi connectivity index (χ0) is 17.9. The first kappa shape index (κ1) is 17.8. The van der Waals surface area contributed by atoms with E-state index in [4.69, 9.17) is 4.74 Å². The van der Waals surface area contributed by atoms with Gasteiger partial charge in [0.05, 0.1) is 12.8 Å². The van der Waals surface area contributed by atoms with E-state index in [0.717, 1.165) is 6.42 Å². The highest BCUT2D eigenvalue weighted by Gasteiger charge is 2.25. The molecule has 1 aromatic rings. The number of nitrogens with zero attached hydrogens (tertiary/aromatic N) is 1. The Morgan fingerprint density at radius 2 is 1.92 bits per heavy atom. The van der Waals surface area contributed by atoms with Gasteiger partial charge in [-0.3, -0.25) is 14.4 Å². The zero-order valence-corrected chi connectivity index (χ0v) is 14.4. The Morgan fingerprint density at radius 3 is 2.46 bits per heavy atom. The summed E-state index contributed by atoms with van der Waals surface area (Å²) >= 11 is 0. The highest BCUT2D eigenvalue weighted by atomic mass is 16.5. The van der Waals surface area contributed by atoms with E-state index in [0.29, 0.717) is 30.1 Å². The fraction of sp³-hybridized carbons (Fsp3) is 0.471. The lowest BCUT2D eigenvalue weighted by Crippen LogP contribution is -2.46. The van der Waals surface area contributed by atoms with Crippen molar-refractivity contribution in [1.82, 2.24) is 5.32 Å². The molecule has 0 bridgehead atoms. The van der Waals surface area contributed by atoms with E-state index in [1.807, 2.05) is 0 Å². The molecule has 1 heterocycles. The maximum atomic E-state index is 12.0. The van der Waals surface area contributed by atoms with Gasteiger partial charge in [-0.25, -0.2) is 0 Å². The van der Waals surface area contributed by atoms with Gasteiger partial charge in [-0.15, -0.1) is 0 Å². The quantitative estimate of drug-likeness (QED) is 0.824. The topological polar surface area (TPSA) is 87.7 Å². The number of benzene rings is 1. The summed E-state index contributed by atoms with van der Waals surface area (Å²) in [7, 11) is 1.52. The third-order valence-corrected chi connectivity index (χ3v) is 3.50. The first-order valence-corrected chi connectivity index (χ1v) is 7.83. The molecular formula is C17H23N3O4. The van der Waals surface area contributed by atoms with Crippen molar-refractivity contribution in [3.8, 4) is 5.75 Å². The Morgan fingerprint density at radius 1 is 1.21 bits per heavy atom. The average Bonchev–Trinajstić information content (AvgIpc) is 2.91. The zero-order valence-electron chi connectivity index (χ0n) is 14.4. The van der Waals surface area contributed by atoms with E-state index >= 15 is 0 Å². The highest BCUT2D eigenvalue weighted by Crippen LogP contribution is 2.33. The van der Waals surface area contributed by atoms with E-state index in [1.165, 1.54) is 7.11 Å². The molecule has 0 spiro atoms. The van der Waals surface area contributed by atoms with Crippen LogP contribution >= 0.6 is 0 Å². The van der Waals surface area contributed by atoms with E-state index in [9.17, 15) is 14.4 Å². The molecule has 130 valence electrons. The molecule has 0 aromatic heterocycles. The van der Waals surface area contributed by atoms with Crippen LogP contribution in [-0.2, 0) is 14.4 Å². The number of anilines is 2. The summed E-state index contributed by atoms with van der Waals surface area (Å²) in [5.74, 6) is -0.907. The summed E-state index contributed by atoms with van der Waals surface area (Å²) in [5.41, 5.74) is 0.523. The third kappa shape index (κ3) is 4.24. The predicted octanol–water partition coefficient (Wildman–Crippen LogP) is 1.68. The molecule has 1 aliphatic heterocycles. The fourth-order valence-corrected chi connectivity index (χ4v) is 2.47. The lowest BCUT2D eigenvalue weighted by molar-refractivity contribution is -0.137. The van der Waals surface area contributed by atoms with Gasteiger partial charge in [-0.2, -0.15) is 0 Å². The van der Waals surface area contributed by atoms with Crippen molar-refractivity contribution in [2.75, 3.05) is 23.9 Å². The van der Waals surface area contributed by atoms with Gasteiger partial charge in [0.25, 0.3) is 0 Å². The molecule has 0 aliphatic carbocycles. The van der Waals surface area contributed by atoms with Crippen molar-refractivity contribution in [2.24, 2.45) is 0 Å². The van der Waals surface area contributed by atoms with Crippen LogP contribution in [0, 0.1) is 0 Å². The monoisotopic (exact) mass is 333 g/mol. The minimum absolute atomic E-state index is 0.0160. The highest BCUT2D eigenvalue weighted by molar-refractivity contribution is 6.39. The number of carbonyl (C=O) groups excluding carboxylic acids is 3. The molecule has 24 heavy (non-hydrogen) atoms. The standard InChI is InChI=1S/C17H23N3O4/c1-17(2,3)19-16(23)15(22)18-11-7-8-13(24-4)12(10-11)20-9-5-6-14(20)21/h7-8,10H,5-6,9H2,1-4H3,(H,18,22)(H,19,23). The van der Waals surface area contributed by atoms with Gasteiger partial charge >= 0.3 is 11.8 Å². The van der Waals surface area contributed by atoms with Crippen molar-refractivity contribution >= 4 is 29.1 Å². The van der Waals surface area contributed by atoms with Gasteiger partial charge < -0.3 is 20.3 Å². The molecule has 0 saturated carbocycles. The number of nitrogens with one attached hydrogen (secondary N) is 2. The van der Waals surface area contributed by atoms with E-state index < -0.39 is 17.4 Å². The van der Waals surface area contributed by atoms with E-state index in [-0.39, 0.29) is 5.91 Å². The van der Waals surface area contributed by atoms with Gasteiger partial charge in [0.1, 0.15) is 5.75 Å². The number of carbonyl (C=O) groups is 3. The minimum atomic E-state index is -0.756. The number of methoxy groups -OCH3 is 1. The second-order valence-corrected chi connectivity index (χ2v) is 6.69. The molecule has 3 amide bonds. The Labute approximate surface area is 141 Å². The van der Waals surface area contributed by atoms with Crippen molar-refractivity contribution in [1.29, 1.82) is 0 Å². The largest absolute Gasteiger partial charge is 0.495 e. The van der Waals surface area contributed by atoms with Gasteiger partial charge in [0.15, 0.2) is 0 Å². The van der Waals surface area contributed by atoms with Gasteiger partial charge in [0, 0.05) is 24.2 Å². The second kappa shape index (κ2) is 6.90. The van der Waals surface area contributed by atoms with Crippen molar-refractivity contribution < 1.29 is 19.1 Å². The van der Waals surface area contributed by atoms with Crippen molar-refractivity contribution in [2.45, 2.75) is 39.2 Å². The average molecular weight is 333 g/mol. The van der Waals surface area contributed by atoms with Crippen LogP contribution in [0.4, 0.5) is 11.4 Å². The molecule has 0 atom stereocenters. The van der Waals surface area contributed by atoms with Crippen LogP contribution in [-0.4, -0.2) is 36.9 Å². The van der Waals surface area contributed by atoms with Gasteiger partial charge in [-0.05, 0) is 45.4 Å². The molecular weight excluding hydrogens is 310 g/mol. The number of ether oxygens (including phenoxy) is 1. The predicted molar refractivity (Wildman–Crippen MR) is 91.1 cm³/mol. The van der Waals surface area contributed by atoms with Crippen LogP contribution in [0.5, 0.6) is 5.75 Å². The SMILES string of the molecule is COc1ccc(NC(=O)C(=O)NC(C)(C)C)cc1N1CCCC1=O. The minimum Gasteiger partial charge on any atom is -0.495 e. The van der Waals surface area contributed by atoms with Crippen molar-refractivity contribution in [3.63, 3.8) is 0 Å². The molecule has 1 aliphatic rings. The van der Waals surface area contributed by atoms with E-state index in [1.54, 1.807) is 43.9 Å². The molecule has 1 aromatic carbocycles. The third-order valence-electron chi connectivity index (χ3n) is 3.50. The summed E-state index contributed by atoms with van der Waals surface area (Å²) in [5, 5.41) is 5.15. The first-order valence-electron chi connectivity index (χ1n) is 7.83. The van der Waals surface area contributed by atoms with Crippen LogP contribution in [0.15, 0.2) is 18.2 Å².